The van der Waals surface area contributed by atoms with Crippen molar-refractivity contribution in [2.45, 2.75) is 19.9 Å². The Morgan fingerprint density at radius 1 is 0.914 bits per heavy atom. The number of hydrogen-bond acceptors (Lipinski definition) is 4. The van der Waals surface area contributed by atoms with Crippen LogP contribution in [0.15, 0.2) is 102 Å². The van der Waals surface area contributed by atoms with Crippen molar-refractivity contribution in [3.8, 4) is 17.0 Å². The number of halogens is 1. The van der Waals surface area contributed by atoms with Crippen molar-refractivity contribution in [2.75, 3.05) is 5.32 Å². The van der Waals surface area contributed by atoms with E-state index < -0.39 is 5.97 Å². The number of pyridine rings is 1. The highest BCUT2D eigenvalue weighted by molar-refractivity contribution is 9.10. The van der Waals surface area contributed by atoms with Gasteiger partial charge in [0, 0.05) is 22.8 Å². The molecule has 5 nitrogen and oxygen atoms in total. The Labute approximate surface area is 212 Å². The van der Waals surface area contributed by atoms with E-state index in [4.69, 9.17) is 9.72 Å². The quantitative estimate of drug-likeness (QED) is 0.181. The molecule has 6 heteroatoms. The number of ether oxygens (including phenoxy) is 1. The minimum atomic E-state index is -0.398. The van der Waals surface area contributed by atoms with Crippen molar-refractivity contribution in [1.82, 2.24) is 9.38 Å². The monoisotopic (exact) mass is 525 g/mol. The number of benzene rings is 3. The Hall–Kier alpha value is -3.90. The first-order chi connectivity index (χ1) is 17.1. The molecular formula is C29H24BrN3O2. The number of fused-ring (bicyclic) bond motifs is 1. The smallest absolute Gasteiger partial charge is 0.343 e. The largest absolute Gasteiger partial charge is 0.422 e. The number of nitrogens with zero attached hydrogens (tertiary/aromatic N) is 2. The van der Waals surface area contributed by atoms with Crippen molar-refractivity contribution in [2.24, 2.45) is 0 Å². The molecule has 0 aliphatic carbocycles. The maximum absolute atomic E-state index is 12.9. The lowest BCUT2D eigenvalue weighted by molar-refractivity contribution is 0.0735. The van der Waals surface area contributed by atoms with Crippen LogP contribution in [-0.2, 0) is 13.0 Å². The fourth-order valence-corrected chi connectivity index (χ4v) is 4.28. The normalized spacial score (nSPS) is 10.9. The molecule has 5 rings (SSSR count). The van der Waals surface area contributed by atoms with E-state index in [-0.39, 0.29) is 0 Å². The number of esters is 1. The molecule has 174 valence electrons. The molecule has 2 heterocycles. The topological polar surface area (TPSA) is 55.6 Å². The zero-order chi connectivity index (χ0) is 24.2. The Balaban J connectivity index is 1.53. The van der Waals surface area contributed by atoms with Crippen LogP contribution in [0, 0.1) is 0 Å². The van der Waals surface area contributed by atoms with Gasteiger partial charge in [0.25, 0.3) is 0 Å². The Bertz CT molecular complexity index is 1480. The van der Waals surface area contributed by atoms with E-state index in [1.165, 1.54) is 5.56 Å². The van der Waals surface area contributed by atoms with Gasteiger partial charge in [-0.3, -0.25) is 4.40 Å². The number of aryl methyl sites for hydroxylation is 1. The van der Waals surface area contributed by atoms with E-state index in [2.05, 4.69) is 40.3 Å². The number of para-hydroxylation sites is 1. The predicted molar refractivity (Wildman–Crippen MR) is 143 cm³/mol. The molecule has 0 amide bonds. The summed E-state index contributed by atoms with van der Waals surface area (Å²) in [6, 6.07) is 29.1. The van der Waals surface area contributed by atoms with Crippen molar-refractivity contribution < 1.29 is 9.53 Å². The van der Waals surface area contributed by atoms with Crippen LogP contribution in [-0.4, -0.2) is 15.4 Å². The van der Waals surface area contributed by atoms with Gasteiger partial charge in [-0.05, 0) is 69.9 Å². The van der Waals surface area contributed by atoms with Gasteiger partial charge in [-0.15, -0.1) is 0 Å². The van der Waals surface area contributed by atoms with Gasteiger partial charge < -0.3 is 10.1 Å². The summed E-state index contributed by atoms with van der Waals surface area (Å²) >= 11 is 3.57. The molecule has 0 bridgehead atoms. The van der Waals surface area contributed by atoms with E-state index in [9.17, 15) is 4.79 Å². The van der Waals surface area contributed by atoms with Gasteiger partial charge >= 0.3 is 5.97 Å². The highest BCUT2D eigenvalue weighted by Crippen LogP contribution is 2.36. The Morgan fingerprint density at radius 2 is 1.66 bits per heavy atom. The molecule has 2 aromatic heterocycles. The van der Waals surface area contributed by atoms with Crippen LogP contribution in [0.25, 0.3) is 16.9 Å². The minimum Gasteiger partial charge on any atom is -0.422 e. The summed E-state index contributed by atoms with van der Waals surface area (Å²) in [5.41, 5.74) is 5.07. The summed E-state index contributed by atoms with van der Waals surface area (Å²) in [4.78, 5) is 17.8. The zero-order valence-corrected chi connectivity index (χ0v) is 20.8. The number of imidazole rings is 1. The van der Waals surface area contributed by atoms with Crippen molar-refractivity contribution in [1.29, 1.82) is 0 Å². The Morgan fingerprint density at radius 3 is 2.43 bits per heavy atom. The highest BCUT2D eigenvalue weighted by atomic mass is 79.9. The van der Waals surface area contributed by atoms with Gasteiger partial charge in [-0.25, -0.2) is 9.78 Å². The van der Waals surface area contributed by atoms with Crippen LogP contribution < -0.4 is 10.1 Å². The number of anilines is 1. The second-order valence-electron chi connectivity index (χ2n) is 8.16. The van der Waals surface area contributed by atoms with Gasteiger partial charge in [0.2, 0.25) is 0 Å². The maximum Gasteiger partial charge on any atom is 0.343 e. The molecule has 1 N–H and O–H groups in total. The summed E-state index contributed by atoms with van der Waals surface area (Å²) < 4.78 is 8.81. The third kappa shape index (κ3) is 4.98. The van der Waals surface area contributed by atoms with E-state index in [1.807, 2.05) is 71.3 Å². The van der Waals surface area contributed by atoms with Crippen molar-refractivity contribution in [3.05, 3.63) is 118 Å². The number of aromatic nitrogens is 2. The van der Waals surface area contributed by atoms with Gasteiger partial charge in [0.05, 0.1) is 5.56 Å². The third-order valence-corrected chi connectivity index (χ3v) is 6.30. The molecule has 0 spiro atoms. The first-order valence-electron chi connectivity index (χ1n) is 11.5. The van der Waals surface area contributed by atoms with E-state index in [0.29, 0.717) is 23.6 Å². The molecular weight excluding hydrogens is 502 g/mol. The Kier molecular flexibility index (Phi) is 6.64. The summed E-state index contributed by atoms with van der Waals surface area (Å²) in [5.74, 6) is 0.883. The third-order valence-electron chi connectivity index (χ3n) is 5.83. The second-order valence-corrected chi connectivity index (χ2v) is 9.08. The summed E-state index contributed by atoms with van der Waals surface area (Å²) in [7, 11) is 0. The molecule has 0 atom stereocenters. The standard InChI is InChI=1S/C29H24BrN3O2/c1-2-20-12-14-22(15-13-20)29(34)35-25-11-7-6-10-24(25)27-28(31-18-21-8-4-3-5-9-21)33-19-23(30)16-17-26(33)32-27/h3-17,19,31H,2,18H2,1H3. The van der Waals surface area contributed by atoms with Crippen LogP contribution >= 0.6 is 15.9 Å². The van der Waals surface area contributed by atoms with Gasteiger partial charge in [0.15, 0.2) is 0 Å². The molecule has 0 fully saturated rings. The second kappa shape index (κ2) is 10.2. The number of carbonyl (C=O) groups excluding carboxylic acids is 1. The molecule has 0 unspecified atom stereocenters. The first kappa shape index (κ1) is 22.9. The van der Waals surface area contributed by atoms with Crippen molar-refractivity contribution in [3.63, 3.8) is 0 Å². The number of rotatable bonds is 7. The fraction of sp³-hybridized carbons (Fsp3) is 0.103. The number of nitrogens with one attached hydrogen (secondary N) is 1. The number of carbonyl (C=O) groups is 1. The van der Waals surface area contributed by atoms with E-state index >= 15 is 0 Å². The summed E-state index contributed by atoms with van der Waals surface area (Å²) in [6.45, 7) is 2.71. The first-order valence-corrected chi connectivity index (χ1v) is 12.3. The summed E-state index contributed by atoms with van der Waals surface area (Å²) in [6.07, 6.45) is 2.89. The average Bonchev–Trinajstić information content (AvgIpc) is 3.25. The zero-order valence-electron chi connectivity index (χ0n) is 19.2. The maximum atomic E-state index is 12.9. The lowest BCUT2D eigenvalue weighted by atomic mass is 10.1. The molecule has 0 radical (unpaired) electrons. The van der Waals surface area contributed by atoms with Crippen molar-refractivity contribution >= 4 is 33.4 Å². The molecule has 5 aromatic rings. The van der Waals surface area contributed by atoms with E-state index in [0.717, 1.165) is 33.5 Å². The molecule has 0 aliphatic rings. The molecule has 0 aliphatic heterocycles. The average molecular weight is 526 g/mol. The van der Waals surface area contributed by atoms with E-state index in [1.54, 1.807) is 18.2 Å². The molecule has 35 heavy (non-hydrogen) atoms. The highest BCUT2D eigenvalue weighted by Gasteiger charge is 2.20. The lowest BCUT2D eigenvalue weighted by Gasteiger charge is -2.12. The SMILES string of the molecule is CCc1ccc(C(=O)Oc2ccccc2-c2nc3ccc(Br)cn3c2NCc2ccccc2)cc1. The molecule has 3 aromatic carbocycles. The number of hydrogen-bond donors (Lipinski definition) is 1. The minimum absolute atomic E-state index is 0.398. The van der Waals surface area contributed by atoms with Crippen LogP contribution in [0.3, 0.4) is 0 Å². The van der Waals surface area contributed by atoms with Crippen LogP contribution in [0.5, 0.6) is 5.75 Å². The molecule has 0 saturated carbocycles. The van der Waals surface area contributed by atoms with Gasteiger partial charge in [-0.2, -0.15) is 0 Å². The van der Waals surface area contributed by atoms with Gasteiger partial charge in [0.1, 0.15) is 22.9 Å². The summed E-state index contributed by atoms with van der Waals surface area (Å²) in [5, 5.41) is 3.54. The van der Waals surface area contributed by atoms with Gasteiger partial charge in [-0.1, -0.05) is 61.5 Å². The fourth-order valence-electron chi connectivity index (χ4n) is 3.94. The van der Waals surface area contributed by atoms with Crippen LogP contribution in [0.2, 0.25) is 0 Å². The predicted octanol–water partition coefficient (Wildman–Crippen LogP) is 7.16. The van der Waals surface area contributed by atoms with Crippen LogP contribution in [0.1, 0.15) is 28.4 Å². The lowest BCUT2D eigenvalue weighted by Crippen LogP contribution is -2.09. The van der Waals surface area contributed by atoms with Crippen LogP contribution in [0.4, 0.5) is 5.82 Å². The molecule has 0 saturated heterocycles.